The molecule has 0 aliphatic carbocycles. The molecule has 0 spiro atoms. The molecule has 3 aromatic carbocycles. The molecule has 1 saturated heterocycles. The number of ether oxygens (including phenoxy) is 2. The summed E-state index contributed by atoms with van der Waals surface area (Å²) in [5.41, 5.74) is 3.11. The summed E-state index contributed by atoms with van der Waals surface area (Å²) in [7, 11) is 0. The number of benzene rings is 3. The molecule has 0 aromatic heterocycles. The summed E-state index contributed by atoms with van der Waals surface area (Å²) in [6.07, 6.45) is 0.103. The fourth-order valence-electron chi connectivity index (χ4n) is 4.47. The summed E-state index contributed by atoms with van der Waals surface area (Å²) in [5, 5.41) is 11.3. The molecule has 1 fully saturated rings. The number of aryl methyl sites for hydroxylation is 1. The van der Waals surface area contributed by atoms with E-state index in [0.717, 1.165) is 11.1 Å². The molecule has 0 saturated carbocycles. The van der Waals surface area contributed by atoms with Crippen LogP contribution in [-0.2, 0) is 25.5 Å². The predicted molar refractivity (Wildman–Crippen MR) is 140 cm³/mol. The molecular weight excluding hydrogens is 470 g/mol. The van der Waals surface area contributed by atoms with Gasteiger partial charge in [0.15, 0.2) is 0 Å². The van der Waals surface area contributed by atoms with Gasteiger partial charge < -0.3 is 14.6 Å². The Morgan fingerprint density at radius 1 is 0.946 bits per heavy atom. The molecular formula is C30H29NO6. The number of anilines is 1. The Labute approximate surface area is 215 Å². The van der Waals surface area contributed by atoms with E-state index >= 15 is 0 Å². The van der Waals surface area contributed by atoms with Crippen LogP contribution in [0, 0.1) is 6.92 Å². The maximum absolute atomic E-state index is 13.3. The van der Waals surface area contributed by atoms with E-state index in [-0.39, 0.29) is 23.7 Å². The summed E-state index contributed by atoms with van der Waals surface area (Å²) >= 11 is 0. The number of Topliss-reactive ketones (excluding diaryl/α,β-unsaturated/α-hetero) is 1. The van der Waals surface area contributed by atoms with Gasteiger partial charge in [-0.1, -0.05) is 42.5 Å². The van der Waals surface area contributed by atoms with Crippen molar-refractivity contribution in [2.75, 3.05) is 18.1 Å². The Morgan fingerprint density at radius 2 is 1.65 bits per heavy atom. The van der Waals surface area contributed by atoms with E-state index in [2.05, 4.69) is 0 Å². The molecule has 1 heterocycles. The topological polar surface area (TPSA) is 93.1 Å². The van der Waals surface area contributed by atoms with Crippen LogP contribution in [0.15, 0.2) is 78.4 Å². The highest BCUT2D eigenvalue weighted by molar-refractivity contribution is 6.51. The zero-order valence-electron chi connectivity index (χ0n) is 21.1. The number of carbonyl (C=O) groups excluding carboxylic acids is 3. The molecule has 4 rings (SSSR count). The van der Waals surface area contributed by atoms with Crippen molar-refractivity contribution in [3.05, 3.63) is 101 Å². The second-order valence-electron chi connectivity index (χ2n) is 8.64. The number of hydrogen-bond donors (Lipinski definition) is 1. The van der Waals surface area contributed by atoms with Crippen molar-refractivity contribution in [3.63, 3.8) is 0 Å². The van der Waals surface area contributed by atoms with Crippen molar-refractivity contribution in [1.29, 1.82) is 0 Å². The number of rotatable bonds is 8. The van der Waals surface area contributed by atoms with Crippen LogP contribution >= 0.6 is 0 Å². The standard InChI is InChI=1S/C30H29NO6/c1-4-36-24-16-13-22(17-19(24)3)28(33)26-27(21-9-7-6-8-10-21)31(30(35)29(26)34)23-14-11-20(12-15-23)18-25(32)37-5-2/h6-17,27,33H,4-5,18H2,1-3H3/b28-26-. The van der Waals surface area contributed by atoms with Crippen LogP contribution in [-0.4, -0.2) is 36.0 Å². The largest absolute Gasteiger partial charge is 0.507 e. The number of esters is 1. The van der Waals surface area contributed by atoms with Gasteiger partial charge in [-0.05, 0) is 67.8 Å². The lowest BCUT2D eigenvalue weighted by atomic mass is 9.94. The first-order chi connectivity index (χ1) is 17.8. The highest BCUT2D eigenvalue weighted by atomic mass is 16.5. The number of hydrogen-bond acceptors (Lipinski definition) is 6. The van der Waals surface area contributed by atoms with E-state index in [1.165, 1.54) is 4.90 Å². The van der Waals surface area contributed by atoms with Gasteiger partial charge in [0.1, 0.15) is 11.5 Å². The molecule has 1 aliphatic rings. The Balaban J connectivity index is 1.78. The number of aliphatic hydroxyl groups is 1. The minimum Gasteiger partial charge on any atom is -0.507 e. The lowest BCUT2D eigenvalue weighted by molar-refractivity contribution is -0.142. The molecule has 0 bridgehead atoms. The summed E-state index contributed by atoms with van der Waals surface area (Å²) < 4.78 is 10.6. The molecule has 0 radical (unpaired) electrons. The molecule has 3 aromatic rings. The van der Waals surface area contributed by atoms with Gasteiger partial charge in [-0.15, -0.1) is 0 Å². The third-order valence-electron chi connectivity index (χ3n) is 6.18. The van der Waals surface area contributed by atoms with Gasteiger partial charge in [-0.3, -0.25) is 19.3 Å². The molecule has 1 N–H and O–H groups in total. The van der Waals surface area contributed by atoms with Gasteiger partial charge in [0.25, 0.3) is 11.7 Å². The number of carbonyl (C=O) groups is 3. The highest BCUT2D eigenvalue weighted by Crippen LogP contribution is 2.42. The smallest absolute Gasteiger partial charge is 0.310 e. The zero-order chi connectivity index (χ0) is 26.5. The molecule has 190 valence electrons. The van der Waals surface area contributed by atoms with Crippen LogP contribution in [0.5, 0.6) is 5.75 Å². The van der Waals surface area contributed by atoms with Crippen molar-refractivity contribution in [2.45, 2.75) is 33.2 Å². The van der Waals surface area contributed by atoms with Crippen molar-refractivity contribution >= 4 is 29.1 Å². The lowest BCUT2D eigenvalue weighted by Gasteiger charge is -2.25. The van der Waals surface area contributed by atoms with Crippen LogP contribution in [0.3, 0.4) is 0 Å². The van der Waals surface area contributed by atoms with E-state index in [0.29, 0.717) is 35.8 Å². The maximum Gasteiger partial charge on any atom is 0.310 e. The Bertz CT molecular complexity index is 1340. The molecule has 1 aliphatic heterocycles. The first-order valence-electron chi connectivity index (χ1n) is 12.2. The molecule has 7 heteroatoms. The average molecular weight is 500 g/mol. The van der Waals surface area contributed by atoms with Crippen molar-refractivity contribution < 1.29 is 29.0 Å². The Morgan fingerprint density at radius 3 is 2.27 bits per heavy atom. The number of nitrogens with zero attached hydrogens (tertiary/aromatic N) is 1. The van der Waals surface area contributed by atoms with Gasteiger partial charge in [0, 0.05) is 11.3 Å². The fraction of sp³-hybridized carbons (Fsp3) is 0.233. The zero-order valence-corrected chi connectivity index (χ0v) is 21.1. The van der Waals surface area contributed by atoms with Crippen LogP contribution in [0.1, 0.15) is 42.1 Å². The van der Waals surface area contributed by atoms with Gasteiger partial charge in [-0.25, -0.2) is 0 Å². The monoisotopic (exact) mass is 499 g/mol. The van der Waals surface area contributed by atoms with E-state index in [4.69, 9.17) is 9.47 Å². The number of amides is 1. The third-order valence-corrected chi connectivity index (χ3v) is 6.18. The first kappa shape index (κ1) is 25.7. The minimum atomic E-state index is -0.830. The van der Waals surface area contributed by atoms with Gasteiger partial charge in [-0.2, -0.15) is 0 Å². The second-order valence-corrected chi connectivity index (χ2v) is 8.64. The van der Waals surface area contributed by atoms with Crippen LogP contribution in [0.4, 0.5) is 5.69 Å². The highest BCUT2D eigenvalue weighted by Gasteiger charge is 2.46. The van der Waals surface area contributed by atoms with Crippen molar-refractivity contribution in [2.24, 2.45) is 0 Å². The fourth-order valence-corrected chi connectivity index (χ4v) is 4.47. The minimum absolute atomic E-state index is 0.00959. The van der Waals surface area contributed by atoms with Crippen molar-refractivity contribution in [3.8, 4) is 5.75 Å². The van der Waals surface area contributed by atoms with E-state index in [1.54, 1.807) is 49.4 Å². The molecule has 1 unspecified atom stereocenters. The predicted octanol–water partition coefficient (Wildman–Crippen LogP) is 5.13. The van der Waals surface area contributed by atoms with Gasteiger partial charge >= 0.3 is 5.97 Å². The summed E-state index contributed by atoms with van der Waals surface area (Å²) in [6.45, 7) is 6.29. The van der Waals surface area contributed by atoms with Crippen LogP contribution in [0.2, 0.25) is 0 Å². The average Bonchev–Trinajstić information content (AvgIpc) is 3.16. The number of aliphatic hydroxyl groups excluding tert-OH is 1. The SMILES string of the molecule is CCOC(=O)Cc1ccc(N2C(=O)C(=O)/C(=C(\O)c3ccc(OCC)c(C)c3)C2c2ccccc2)cc1. The first-order valence-corrected chi connectivity index (χ1v) is 12.2. The summed E-state index contributed by atoms with van der Waals surface area (Å²) in [5.74, 6) is -1.42. The maximum atomic E-state index is 13.3. The Kier molecular flexibility index (Phi) is 7.72. The summed E-state index contributed by atoms with van der Waals surface area (Å²) in [4.78, 5) is 39.9. The Hall–Kier alpha value is -4.39. The normalized spacial score (nSPS) is 16.6. The quantitative estimate of drug-likeness (QED) is 0.200. The number of ketones is 1. The second kappa shape index (κ2) is 11.1. The van der Waals surface area contributed by atoms with E-state index < -0.39 is 17.7 Å². The van der Waals surface area contributed by atoms with Gasteiger partial charge in [0.2, 0.25) is 0 Å². The van der Waals surface area contributed by atoms with Gasteiger partial charge in [0.05, 0.1) is 31.2 Å². The van der Waals surface area contributed by atoms with Crippen LogP contribution in [0.25, 0.3) is 5.76 Å². The molecule has 1 amide bonds. The molecule has 7 nitrogen and oxygen atoms in total. The van der Waals surface area contributed by atoms with E-state index in [9.17, 15) is 19.5 Å². The van der Waals surface area contributed by atoms with E-state index in [1.807, 2.05) is 44.2 Å². The van der Waals surface area contributed by atoms with Crippen molar-refractivity contribution in [1.82, 2.24) is 0 Å². The van der Waals surface area contributed by atoms with Crippen LogP contribution < -0.4 is 9.64 Å². The third kappa shape index (κ3) is 5.26. The molecule has 1 atom stereocenters. The summed E-state index contributed by atoms with van der Waals surface area (Å²) in [6, 6.07) is 20.3. The lowest BCUT2D eigenvalue weighted by Crippen LogP contribution is -2.29. The molecule has 37 heavy (non-hydrogen) atoms.